The Kier molecular flexibility index (Phi) is 3.75. The quantitative estimate of drug-likeness (QED) is 0.745. The van der Waals surface area contributed by atoms with Crippen molar-refractivity contribution in [2.45, 2.75) is 5.92 Å². The summed E-state index contributed by atoms with van der Waals surface area (Å²) in [5.74, 6) is -0.309. The zero-order chi connectivity index (χ0) is 14.7. The molecule has 3 nitrogen and oxygen atoms in total. The number of carbonyl (C=O) groups is 1. The Bertz CT molecular complexity index is 768. The number of carbonyl (C=O) groups excluding carboxylic acids is 1. The Labute approximate surface area is 123 Å². The lowest BCUT2D eigenvalue weighted by atomic mass is 9.91. The molecule has 0 aliphatic rings. The molecule has 21 heavy (non-hydrogen) atoms. The lowest BCUT2D eigenvalue weighted by molar-refractivity contribution is 0.0962. The number of pyridine rings is 1. The van der Waals surface area contributed by atoms with Gasteiger partial charge < -0.3 is 5.73 Å². The van der Waals surface area contributed by atoms with Crippen molar-refractivity contribution >= 4 is 16.7 Å². The maximum Gasteiger partial charge on any atom is 0.173 e. The van der Waals surface area contributed by atoms with Crippen molar-refractivity contribution in [1.82, 2.24) is 4.98 Å². The minimum absolute atomic E-state index is 0.0157. The van der Waals surface area contributed by atoms with E-state index in [0.717, 1.165) is 16.5 Å². The summed E-state index contributed by atoms with van der Waals surface area (Å²) in [6.07, 6.45) is 1.64. The van der Waals surface area contributed by atoms with E-state index < -0.39 is 0 Å². The molecule has 3 rings (SSSR count). The molecule has 104 valence electrons. The van der Waals surface area contributed by atoms with Gasteiger partial charge >= 0.3 is 0 Å². The minimum atomic E-state index is -0.325. The van der Waals surface area contributed by atoms with Crippen molar-refractivity contribution in [1.29, 1.82) is 0 Å². The lowest BCUT2D eigenvalue weighted by Gasteiger charge is -2.14. The SMILES string of the molecule is NCC(C(=O)c1cnc2ccccc2c1)c1ccccc1. The number of benzene rings is 2. The summed E-state index contributed by atoms with van der Waals surface area (Å²) in [5.41, 5.74) is 8.25. The number of fused-ring (bicyclic) bond motifs is 1. The molecule has 0 aliphatic heterocycles. The number of nitrogens with two attached hydrogens (primary N) is 1. The molecule has 2 aromatic carbocycles. The molecule has 2 N–H and O–H groups in total. The molecule has 0 saturated heterocycles. The van der Waals surface area contributed by atoms with Crippen LogP contribution in [0.15, 0.2) is 66.9 Å². The Morgan fingerprint density at radius 1 is 1.05 bits per heavy atom. The molecule has 0 spiro atoms. The molecule has 1 aromatic heterocycles. The molecule has 3 aromatic rings. The maximum atomic E-state index is 12.7. The van der Waals surface area contributed by atoms with Gasteiger partial charge in [0.1, 0.15) is 0 Å². The van der Waals surface area contributed by atoms with Gasteiger partial charge in [-0.2, -0.15) is 0 Å². The van der Waals surface area contributed by atoms with Gasteiger partial charge in [0.05, 0.1) is 11.4 Å². The van der Waals surface area contributed by atoms with E-state index in [1.54, 1.807) is 6.20 Å². The van der Waals surface area contributed by atoms with Crippen molar-refractivity contribution in [2.24, 2.45) is 5.73 Å². The summed E-state index contributed by atoms with van der Waals surface area (Å²) in [7, 11) is 0. The first-order chi connectivity index (χ1) is 10.3. The second-order valence-corrected chi connectivity index (χ2v) is 4.98. The van der Waals surface area contributed by atoms with Gasteiger partial charge in [-0.3, -0.25) is 9.78 Å². The van der Waals surface area contributed by atoms with Crippen LogP contribution in [0.5, 0.6) is 0 Å². The van der Waals surface area contributed by atoms with Crippen LogP contribution < -0.4 is 5.73 Å². The standard InChI is InChI=1S/C18H16N2O/c19-11-16(13-6-2-1-3-7-13)18(21)15-10-14-8-4-5-9-17(14)20-12-15/h1-10,12,16H,11,19H2. The van der Waals surface area contributed by atoms with E-state index in [1.807, 2.05) is 60.7 Å². The first-order valence-electron chi connectivity index (χ1n) is 6.93. The molecule has 0 amide bonds. The highest BCUT2D eigenvalue weighted by atomic mass is 16.1. The van der Waals surface area contributed by atoms with Crippen molar-refractivity contribution in [2.75, 3.05) is 6.54 Å². The van der Waals surface area contributed by atoms with Crippen LogP contribution in [0, 0.1) is 0 Å². The third-order valence-electron chi connectivity index (χ3n) is 3.63. The predicted molar refractivity (Wildman–Crippen MR) is 84.3 cm³/mol. The van der Waals surface area contributed by atoms with Crippen molar-refractivity contribution in [3.63, 3.8) is 0 Å². The van der Waals surface area contributed by atoms with E-state index in [9.17, 15) is 4.79 Å². The largest absolute Gasteiger partial charge is 0.329 e. The molecule has 3 heteroatoms. The number of para-hydroxylation sites is 1. The first-order valence-corrected chi connectivity index (χ1v) is 6.93. The number of aromatic nitrogens is 1. The minimum Gasteiger partial charge on any atom is -0.329 e. The zero-order valence-corrected chi connectivity index (χ0v) is 11.6. The molecule has 0 aliphatic carbocycles. The molecular weight excluding hydrogens is 260 g/mol. The zero-order valence-electron chi connectivity index (χ0n) is 11.6. The molecule has 1 heterocycles. The van der Waals surface area contributed by atoms with Gasteiger partial charge in [0.2, 0.25) is 0 Å². The fourth-order valence-electron chi connectivity index (χ4n) is 2.49. The van der Waals surface area contributed by atoms with Crippen LogP contribution in [0.3, 0.4) is 0 Å². The molecular formula is C18H16N2O. The van der Waals surface area contributed by atoms with Crippen LogP contribution in [-0.4, -0.2) is 17.3 Å². The van der Waals surface area contributed by atoms with Gasteiger partial charge in [0.25, 0.3) is 0 Å². The number of Topliss-reactive ketones (excluding diaryl/α,β-unsaturated/α-hetero) is 1. The van der Waals surface area contributed by atoms with Crippen molar-refractivity contribution < 1.29 is 4.79 Å². The number of ketones is 1. The third-order valence-corrected chi connectivity index (χ3v) is 3.63. The van der Waals surface area contributed by atoms with Gasteiger partial charge in [-0.1, -0.05) is 48.5 Å². The van der Waals surface area contributed by atoms with Gasteiger partial charge in [-0.05, 0) is 17.7 Å². The summed E-state index contributed by atoms with van der Waals surface area (Å²) in [5, 5.41) is 0.965. The monoisotopic (exact) mass is 276 g/mol. The molecule has 0 fully saturated rings. The summed E-state index contributed by atoms with van der Waals surface area (Å²) in [6, 6.07) is 19.3. The van der Waals surface area contributed by atoms with E-state index in [0.29, 0.717) is 5.56 Å². The number of hydrogen-bond acceptors (Lipinski definition) is 3. The van der Waals surface area contributed by atoms with Gasteiger partial charge in [0.15, 0.2) is 5.78 Å². The number of rotatable bonds is 4. The van der Waals surface area contributed by atoms with E-state index in [4.69, 9.17) is 5.73 Å². The van der Waals surface area contributed by atoms with Crippen molar-refractivity contribution in [3.05, 3.63) is 78.0 Å². The molecule has 0 bridgehead atoms. The second-order valence-electron chi connectivity index (χ2n) is 4.98. The van der Waals surface area contributed by atoms with Crippen LogP contribution in [0.2, 0.25) is 0 Å². The maximum absolute atomic E-state index is 12.7. The Balaban J connectivity index is 1.98. The Morgan fingerprint density at radius 2 is 1.76 bits per heavy atom. The van der Waals surface area contributed by atoms with E-state index >= 15 is 0 Å². The first kappa shape index (κ1) is 13.5. The fourth-order valence-corrected chi connectivity index (χ4v) is 2.49. The van der Waals surface area contributed by atoms with Crippen LogP contribution in [0.4, 0.5) is 0 Å². The highest BCUT2D eigenvalue weighted by molar-refractivity contribution is 6.03. The molecule has 1 atom stereocenters. The summed E-state index contributed by atoms with van der Waals surface area (Å²) in [4.78, 5) is 17.1. The fraction of sp³-hybridized carbons (Fsp3) is 0.111. The van der Waals surface area contributed by atoms with Crippen molar-refractivity contribution in [3.8, 4) is 0 Å². The summed E-state index contributed by atoms with van der Waals surface area (Å²) >= 11 is 0. The second kappa shape index (κ2) is 5.85. The predicted octanol–water partition coefficient (Wildman–Crippen LogP) is 3.16. The number of nitrogens with zero attached hydrogens (tertiary/aromatic N) is 1. The van der Waals surface area contributed by atoms with E-state index in [-0.39, 0.29) is 18.2 Å². The smallest absolute Gasteiger partial charge is 0.173 e. The lowest BCUT2D eigenvalue weighted by Crippen LogP contribution is -2.22. The Morgan fingerprint density at radius 3 is 2.52 bits per heavy atom. The van der Waals surface area contributed by atoms with E-state index in [1.165, 1.54) is 0 Å². The highest BCUT2D eigenvalue weighted by Crippen LogP contribution is 2.21. The molecule has 0 radical (unpaired) electrons. The Hall–Kier alpha value is -2.52. The summed E-state index contributed by atoms with van der Waals surface area (Å²) in [6.45, 7) is 0.287. The summed E-state index contributed by atoms with van der Waals surface area (Å²) < 4.78 is 0. The molecule has 1 unspecified atom stereocenters. The van der Waals surface area contributed by atoms with Gasteiger partial charge in [-0.25, -0.2) is 0 Å². The van der Waals surface area contributed by atoms with E-state index in [2.05, 4.69) is 4.98 Å². The average molecular weight is 276 g/mol. The average Bonchev–Trinajstić information content (AvgIpc) is 2.56. The van der Waals surface area contributed by atoms with Crippen LogP contribution in [0.25, 0.3) is 10.9 Å². The van der Waals surface area contributed by atoms with Crippen LogP contribution in [0.1, 0.15) is 21.8 Å². The highest BCUT2D eigenvalue weighted by Gasteiger charge is 2.20. The third kappa shape index (κ3) is 2.69. The van der Waals surface area contributed by atoms with Crippen LogP contribution >= 0.6 is 0 Å². The normalized spacial score (nSPS) is 12.2. The number of hydrogen-bond donors (Lipinski definition) is 1. The van der Waals surface area contributed by atoms with Gasteiger partial charge in [0, 0.05) is 23.7 Å². The molecule has 0 saturated carbocycles. The van der Waals surface area contributed by atoms with Crippen LogP contribution in [-0.2, 0) is 0 Å². The topological polar surface area (TPSA) is 56.0 Å². The van der Waals surface area contributed by atoms with Gasteiger partial charge in [-0.15, -0.1) is 0 Å².